The van der Waals surface area contributed by atoms with E-state index < -0.39 is 0 Å². The predicted octanol–water partition coefficient (Wildman–Crippen LogP) is 1.64. The van der Waals surface area contributed by atoms with Crippen LogP contribution in [0, 0.1) is 0 Å². The van der Waals surface area contributed by atoms with E-state index in [4.69, 9.17) is 4.74 Å². The molecule has 0 aromatic heterocycles. The number of thiol groups is 1. The van der Waals surface area contributed by atoms with E-state index in [-0.39, 0.29) is 5.44 Å². The van der Waals surface area contributed by atoms with E-state index in [1.54, 1.807) is 11.8 Å². The zero-order valence-electron chi connectivity index (χ0n) is 5.26. The Hall–Kier alpha value is 0.660. The van der Waals surface area contributed by atoms with Gasteiger partial charge in [-0.15, -0.1) is 11.8 Å². The molecule has 0 aliphatic rings. The summed E-state index contributed by atoms with van der Waals surface area (Å²) >= 11 is 5.78. The second kappa shape index (κ2) is 5.79. The Bertz CT molecular complexity index is 45.7. The number of hydrogen-bond donors (Lipinski definition) is 1. The van der Waals surface area contributed by atoms with E-state index in [0.717, 1.165) is 12.4 Å². The first-order chi connectivity index (χ1) is 3.85. The zero-order valence-corrected chi connectivity index (χ0v) is 6.97. The number of ether oxygens (including phenoxy) is 1. The largest absolute Gasteiger partial charge is 0.367 e. The highest BCUT2D eigenvalue weighted by Crippen LogP contribution is 2.08. The molecule has 0 saturated heterocycles. The summed E-state index contributed by atoms with van der Waals surface area (Å²) in [6, 6.07) is 0. The highest BCUT2D eigenvalue weighted by Gasteiger charge is 1.99. The van der Waals surface area contributed by atoms with Crippen LogP contribution < -0.4 is 0 Å². The second-order valence-electron chi connectivity index (χ2n) is 1.30. The molecule has 0 aliphatic carbocycles. The van der Waals surface area contributed by atoms with Crippen LogP contribution in [0.4, 0.5) is 0 Å². The topological polar surface area (TPSA) is 9.23 Å². The van der Waals surface area contributed by atoms with Gasteiger partial charge in [-0.05, 0) is 13.2 Å². The molecule has 0 aliphatic heterocycles. The van der Waals surface area contributed by atoms with Crippen LogP contribution in [0.5, 0.6) is 0 Å². The van der Waals surface area contributed by atoms with Crippen molar-refractivity contribution in [2.24, 2.45) is 0 Å². The molecule has 0 N–H and O–H groups in total. The van der Waals surface area contributed by atoms with E-state index in [0.29, 0.717) is 0 Å². The minimum atomic E-state index is 0.281. The summed E-state index contributed by atoms with van der Waals surface area (Å²) in [5.41, 5.74) is 0.281. The Balaban J connectivity index is 3.07. The standard InChI is InChI=1S/C5H12OS2/c1-3-6-5(4-7)8-2/h5,7H,3-4H2,1-2H3. The van der Waals surface area contributed by atoms with Crippen LogP contribution in [0.1, 0.15) is 6.92 Å². The molecule has 0 aromatic rings. The van der Waals surface area contributed by atoms with Gasteiger partial charge >= 0.3 is 0 Å². The molecule has 0 fully saturated rings. The van der Waals surface area contributed by atoms with Gasteiger partial charge in [-0.2, -0.15) is 12.6 Å². The molecule has 3 heteroatoms. The van der Waals surface area contributed by atoms with Crippen LogP contribution in [0.2, 0.25) is 0 Å². The first-order valence-corrected chi connectivity index (χ1v) is 4.52. The molecule has 0 bridgehead atoms. The predicted molar refractivity (Wildman–Crippen MR) is 42.8 cm³/mol. The molecule has 0 radical (unpaired) electrons. The summed E-state index contributed by atoms with van der Waals surface area (Å²) in [5.74, 6) is 0.801. The van der Waals surface area contributed by atoms with Gasteiger partial charge in [-0.25, -0.2) is 0 Å². The van der Waals surface area contributed by atoms with E-state index in [2.05, 4.69) is 12.6 Å². The average Bonchev–Trinajstić information content (AvgIpc) is 1.83. The molecule has 8 heavy (non-hydrogen) atoms. The summed E-state index contributed by atoms with van der Waals surface area (Å²) < 4.78 is 5.23. The fraction of sp³-hybridized carbons (Fsp3) is 1.00. The average molecular weight is 152 g/mol. The van der Waals surface area contributed by atoms with Crippen molar-refractivity contribution in [1.82, 2.24) is 0 Å². The monoisotopic (exact) mass is 152 g/mol. The van der Waals surface area contributed by atoms with Crippen molar-refractivity contribution < 1.29 is 4.74 Å². The molecule has 0 saturated carbocycles. The van der Waals surface area contributed by atoms with Gasteiger partial charge in [-0.1, -0.05) is 0 Å². The lowest BCUT2D eigenvalue weighted by atomic mass is 10.8. The molecular formula is C5H12OS2. The van der Waals surface area contributed by atoms with Gasteiger partial charge in [-0.3, -0.25) is 0 Å². The summed E-state index contributed by atoms with van der Waals surface area (Å²) in [6.45, 7) is 2.78. The highest BCUT2D eigenvalue weighted by atomic mass is 32.2. The fourth-order valence-electron chi connectivity index (χ4n) is 0.381. The van der Waals surface area contributed by atoms with Crippen molar-refractivity contribution in [3.05, 3.63) is 0 Å². The van der Waals surface area contributed by atoms with Crippen LogP contribution in [0.15, 0.2) is 0 Å². The molecule has 1 nitrogen and oxygen atoms in total. The first-order valence-electron chi connectivity index (χ1n) is 2.60. The molecule has 0 amide bonds. The third-order valence-electron chi connectivity index (χ3n) is 0.765. The molecule has 50 valence electrons. The first kappa shape index (κ1) is 8.66. The van der Waals surface area contributed by atoms with E-state index in [1.807, 2.05) is 13.2 Å². The van der Waals surface area contributed by atoms with Crippen LogP contribution in [-0.2, 0) is 4.74 Å². The maximum absolute atomic E-state index is 5.23. The van der Waals surface area contributed by atoms with Gasteiger partial charge in [0.1, 0.15) is 5.44 Å². The summed E-state index contributed by atoms with van der Waals surface area (Å²) in [5, 5.41) is 0. The third kappa shape index (κ3) is 3.64. The van der Waals surface area contributed by atoms with Gasteiger partial charge in [0.25, 0.3) is 0 Å². The Kier molecular flexibility index (Phi) is 6.27. The Morgan fingerprint density at radius 3 is 2.50 bits per heavy atom. The van der Waals surface area contributed by atoms with Gasteiger partial charge in [0.05, 0.1) is 0 Å². The highest BCUT2D eigenvalue weighted by molar-refractivity contribution is 7.99. The van der Waals surface area contributed by atoms with E-state index in [1.165, 1.54) is 0 Å². The van der Waals surface area contributed by atoms with Crippen molar-refractivity contribution in [3.8, 4) is 0 Å². The Morgan fingerprint density at radius 1 is 1.75 bits per heavy atom. The molecule has 1 atom stereocenters. The number of rotatable bonds is 4. The minimum Gasteiger partial charge on any atom is -0.367 e. The molecule has 0 heterocycles. The van der Waals surface area contributed by atoms with Crippen molar-refractivity contribution in [3.63, 3.8) is 0 Å². The van der Waals surface area contributed by atoms with E-state index >= 15 is 0 Å². The summed E-state index contributed by atoms with van der Waals surface area (Å²) in [6.07, 6.45) is 2.02. The van der Waals surface area contributed by atoms with Gasteiger partial charge in [0.2, 0.25) is 0 Å². The van der Waals surface area contributed by atoms with Crippen molar-refractivity contribution in [2.75, 3.05) is 18.6 Å². The molecule has 0 aromatic carbocycles. The van der Waals surface area contributed by atoms with Crippen LogP contribution in [-0.4, -0.2) is 24.1 Å². The lowest BCUT2D eigenvalue weighted by molar-refractivity contribution is 0.140. The molecule has 0 spiro atoms. The Morgan fingerprint density at radius 2 is 2.38 bits per heavy atom. The van der Waals surface area contributed by atoms with Crippen molar-refractivity contribution in [1.29, 1.82) is 0 Å². The van der Waals surface area contributed by atoms with Crippen molar-refractivity contribution >= 4 is 24.4 Å². The molecular weight excluding hydrogens is 140 g/mol. The fourth-order valence-corrected chi connectivity index (χ4v) is 1.36. The SMILES string of the molecule is CCOC(CS)SC. The zero-order chi connectivity index (χ0) is 6.41. The minimum absolute atomic E-state index is 0.281. The van der Waals surface area contributed by atoms with Gasteiger partial charge < -0.3 is 4.74 Å². The smallest absolute Gasteiger partial charge is 0.111 e. The Labute approximate surface area is 60.6 Å². The quantitative estimate of drug-likeness (QED) is 0.484. The lowest BCUT2D eigenvalue weighted by Gasteiger charge is -2.09. The maximum Gasteiger partial charge on any atom is 0.111 e. The number of thioether (sulfide) groups is 1. The van der Waals surface area contributed by atoms with Crippen LogP contribution in [0.25, 0.3) is 0 Å². The number of hydrogen-bond acceptors (Lipinski definition) is 3. The van der Waals surface area contributed by atoms with Crippen molar-refractivity contribution in [2.45, 2.75) is 12.4 Å². The third-order valence-corrected chi connectivity index (χ3v) is 2.17. The van der Waals surface area contributed by atoms with E-state index in [9.17, 15) is 0 Å². The normalized spacial score (nSPS) is 13.9. The maximum atomic E-state index is 5.23. The second-order valence-corrected chi connectivity index (χ2v) is 2.67. The van der Waals surface area contributed by atoms with Gasteiger partial charge in [0, 0.05) is 12.4 Å². The molecule has 0 rings (SSSR count). The summed E-state index contributed by atoms with van der Waals surface area (Å²) in [7, 11) is 0. The summed E-state index contributed by atoms with van der Waals surface area (Å²) in [4.78, 5) is 0. The van der Waals surface area contributed by atoms with Crippen LogP contribution in [0.3, 0.4) is 0 Å². The van der Waals surface area contributed by atoms with Crippen LogP contribution >= 0.6 is 24.4 Å². The molecule has 1 unspecified atom stereocenters. The van der Waals surface area contributed by atoms with Gasteiger partial charge in [0.15, 0.2) is 0 Å². The lowest BCUT2D eigenvalue weighted by Crippen LogP contribution is -2.08.